The summed E-state index contributed by atoms with van der Waals surface area (Å²) < 4.78 is 0. The van der Waals surface area contributed by atoms with Gasteiger partial charge < -0.3 is 5.32 Å². The number of benzene rings is 1. The molecule has 0 aliphatic heterocycles. The average Bonchev–Trinajstić information content (AvgIpc) is 2.18. The first-order valence-electron chi connectivity index (χ1n) is 6.99. The number of hydrogen-bond donors (Lipinski definition) is 1. The van der Waals surface area contributed by atoms with Gasteiger partial charge >= 0.3 is 0 Å². The predicted octanol–water partition coefficient (Wildman–Crippen LogP) is 4.34. The molecule has 1 aromatic carbocycles. The van der Waals surface area contributed by atoms with Gasteiger partial charge in [0.1, 0.15) is 0 Å². The van der Waals surface area contributed by atoms with E-state index in [0.717, 1.165) is 13.0 Å². The molecule has 0 saturated carbocycles. The average molecular weight is 247 g/mol. The van der Waals surface area contributed by atoms with Crippen molar-refractivity contribution >= 4 is 0 Å². The highest BCUT2D eigenvalue weighted by molar-refractivity contribution is 5.22. The van der Waals surface area contributed by atoms with E-state index in [1.807, 2.05) is 0 Å². The van der Waals surface area contributed by atoms with Gasteiger partial charge in [-0.05, 0) is 58.1 Å². The summed E-state index contributed by atoms with van der Waals surface area (Å²) in [5.74, 6) is 0. The zero-order valence-electron chi connectivity index (χ0n) is 12.9. The largest absolute Gasteiger partial charge is 0.312 e. The van der Waals surface area contributed by atoms with Gasteiger partial charge in [0.15, 0.2) is 0 Å². The number of rotatable bonds is 5. The van der Waals surface area contributed by atoms with Crippen molar-refractivity contribution in [2.75, 3.05) is 6.54 Å². The van der Waals surface area contributed by atoms with Crippen molar-refractivity contribution in [3.05, 3.63) is 35.4 Å². The second kappa shape index (κ2) is 5.88. The van der Waals surface area contributed by atoms with Crippen LogP contribution in [-0.2, 0) is 6.42 Å². The lowest BCUT2D eigenvalue weighted by atomic mass is 9.82. The van der Waals surface area contributed by atoms with Crippen LogP contribution in [0.1, 0.15) is 52.2 Å². The first kappa shape index (κ1) is 15.2. The molecule has 1 rings (SSSR count). The molecule has 0 aromatic heterocycles. The Bertz CT molecular complexity index is 354. The van der Waals surface area contributed by atoms with Gasteiger partial charge in [0.25, 0.3) is 0 Å². The van der Waals surface area contributed by atoms with Gasteiger partial charge in [-0.3, -0.25) is 0 Å². The van der Waals surface area contributed by atoms with E-state index in [2.05, 4.69) is 71.1 Å². The molecular weight excluding hydrogens is 218 g/mol. The van der Waals surface area contributed by atoms with E-state index in [4.69, 9.17) is 0 Å². The molecule has 18 heavy (non-hydrogen) atoms. The summed E-state index contributed by atoms with van der Waals surface area (Å²) in [5.41, 5.74) is 3.36. The Morgan fingerprint density at radius 2 is 1.50 bits per heavy atom. The van der Waals surface area contributed by atoms with Gasteiger partial charge in [-0.2, -0.15) is 0 Å². The van der Waals surface area contributed by atoms with Crippen LogP contribution in [-0.4, -0.2) is 12.1 Å². The van der Waals surface area contributed by atoms with Crippen LogP contribution in [0.3, 0.4) is 0 Å². The molecule has 0 heterocycles. The first-order chi connectivity index (χ1) is 8.18. The molecule has 1 N–H and O–H groups in total. The molecular formula is C17H29N. The number of aryl methyl sites for hydroxylation is 1. The van der Waals surface area contributed by atoms with Crippen molar-refractivity contribution in [1.29, 1.82) is 0 Å². The Labute approximate surface area is 113 Å². The lowest BCUT2D eigenvalue weighted by molar-refractivity contribution is 0.302. The maximum Gasteiger partial charge on any atom is 0.00965 e. The molecule has 0 saturated heterocycles. The highest BCUT2D eigenvalue weighted by Crippen LogP contribution is 2.25. The predicted molar refractivity (Wildman–Crippen MR) is 81.0 cm³/mol. The van der Waals surface area contributed by atoms with Crippen molar-refractivity contribution in [2.24, 2.45) is 5.41 Å². The fourth-order valence-corrected chi connectivity index (χ4v) is 2.12. The van der Waals surface area contributed by atoms with Crippen LogP contribution in [0.15, 0.2) is 24.3 Å². The minimum Gasteiger partial charge on any atom is -0.312 e. The van der Waals surface area contributed by atoms with E-state index in [9.17, 15) is 0 Å². The first-order valence-corrected chi connectivity index (χ1v) is 6.99. The molecule has 1 nitrogen and oxygen atoms in total. The summed E-state index contributed by atoms with van der Waals surface area (Å²) in [4.78, 5) is 0. The minimum absolute atomic E-state index is 0.222. The van der Waals surface area contributed by atoms with Gasteiger partial charge in [0, 0.05) is 5.54 Å². The van der Waals surface area contributed by atoms with Crippen molar-refractivity contribution in [2.45, 2.75) is 59.9 Å². The highest BCUT2D eigenvalue weighted by Gasteiger charge is 2.19. The zero-order valence-corrected chi connectivity index (χ0v) is 12.9. The third kappa shape index (κ3) is 6.20. The van der Waals surface area contributed by atoms with E-state index in [1.165, 1.54) is 17.5 Å². The third-order valence-corrected chi connectivity index (χ3v) is 3.26. The summed E-state index contributed by atoms with van der Waals surface area (Å²) >= 11 is 0. The Morgan fingerprint density at radius 1 is 0.944 bits per heavy atom. The van der Waals surface area contributed by atoms with E-state index in [-0.39, 0.29) is 5.54 Å². The smallest absolute Gasteiger partial charge is 0.00965 e. The van der Waals surface area contributed by atoms with Crippen LogP contribution in [0.25, 0.3) is 0 Å². The second-order valence-electron chi connectivity index (χ2n) is 7.25. The fraction of sp³-hybridized carbons (Fsp3) is 0.647. The summed E-state index contributed by atoms with van der Waals surface area (Å²) in [6.07, 6.45) is 2.36. The standard InChI is InChI=1S/C17H29N/c1-14-7-9-15(10-8-14)13-17(5,6)11-12-18-16(2,3)4/h7-10,18H,11-13H2,1-6H3. The van der Waals surface area contributed by atoms with Crippen LogP contribution < -0.4 is 5.32 Å². The minimum atomic E-state index is 0.222. The normalized spacial score (nSPS) is 12.8. The molecule has 0 aliphatic rings. The van der Waals surface area contributed by atoms with Crippen LogP contribution in [0, 0.1) is 12.3 Å². The van der Waals surface area contributed by atoms with Crippen molar-refractivity contribution in [1.82, 2.24) is 5.32 Å². The third-order valence-electron chi connectivity index (χ3n) is 3.26. The maximum absolute atomic E-state index is 3.57. The summed E-state index contributed by atoms with van der Waals surface area (Å²) in [6.45, 7) is 14.6. The molecule has 0 fully saturated rings. The quantitative estimate of drug-likeness (QED) is 0.816. The van der Waals surface area contributed by atoms with Crippen LogP contribution in [0.2, 0.25) is 0 Å². The van der Waals surface area contributed by atoms with Crippen molar-refractivity contribution in [3.8, 4) is 0 Å². The summed E-state index contributed by atoms with van der Waals surface area (Å²) in [6, 6.07) is 8.93. The van der Waals surface area contributed by atoms with Crippen molar-refractivity contribution < 1.29 is 0 Å². The molecule has 0 spiro atoms. The molecule has 0 aliphatic carbocycles. The Kier molecular flexibility index (Phi) is 4.98. The number of hydrogen-bond acceptors (Lipinski definition) is 1. The SMILES string of the molecule is Cc1ccc(CC(C)(C)CCNC(C)(C)C)cc1. The second-order valence-corrected chi connectivity index (χ2v) is 7.25. The lowest BCUT2D eigenvalue weighted by Gasteiger charge is -2.28. The summed E-state index contributed by atoms with van der Waals surface area (Å²) in [5, 5.41) is 3.57. The van der Waals surface area contributed by atoms with E-state index >= 15 is 0 Å². The maximum atomic E-state index is 3.57. The molecule has 0 bridgehead atoms. The molecule has 102 valence electrons. The molecule has 0 amide bonds. The number of nitrogens with one attached hydrogen (secondary N) is 1. The molecule has 0 unspecified atom stereocenters. The lowest BCUT2D eigenvalue weighted by Crippen LogP contribution is -2.38. The molecule has 0 atom stereocenters. The van der Waals surface area contributed by atoms with E-state index in [0.29, 0.717) is 5.41 Å². The Balaban J connectivity index is 2.46. The monoisotopic (exact) mass is 247 g/mol. The van der Waals surface area contributed by atoms with Gasteiger partial charge in [0.05, 0.1) is 0 Å². The fourth-order valence-electron chi connectivity index (χ4n) is 2.12. The van der Waals surface area contributed by atoms with Crippen LogP contribution >= 0.6 is 0 Å². The van der Waals surface area contributed by atoms with E-state index in [1.54, 1.807) is 0 Å². The van der Waals surface area contributed by atoms with Gasteiger partial charge in [-0.1, -0.05) is 43.7 Å². The Morgan fingerprint density at radius 3 is 2.00 bits per heavy atom. The van der Waals surface area contributed by atoms with E-state index < -0.39 is 0 Å². The van der Waals surface area contributed by atoms with Crippen molar-refractivity contribution in [3.63, 3.8) is 0 Å². The molecule has 0 radical (unpaired) electrons. The zero-order chi connectivity index (χ0) is 13.8. The van der Waals surface area contributed by atoms with Gasteiger partial charge in [-0.15, -0.1) is 0 Å². The molecule has 1 heteroatoms. The van der Waals surface area contributed by atoms with Crippen LogP contribution in [0.5, 0.6) is 0 Å². The van der Waals surface area contributed by atoms with Gasteiger partial charge in [-0.25, -0.2) is 0 Å². The topological polar surface area (TPSA) is 12.0 Å². The van der Waals surface area contributed by atoms with Gasteiger partial charge in [0.2, 0.25) is 0 Å². The summed E-state index contributed by atoms with van der Waals surface area (Å²) in [7, 11) is 0. The molecule has 1 aromatic rings. The Hall–Kier alpha value is -0.820. The van der Waals surface area contributed by atoms with Crippen LogP contribution in [0.4, 0.5) is 0 Å². The highest BCUT2D eigenvalue weighted by atomic mass is 14.9.